The molecule has 0 spiro atoms. The average Bonchev–Trinajstić information content (AvgIpc) is 2.70. The number of aliphatic imine (C=N–C) groups is 1. The second-order valence-corrected chi connectivity index (χ2v) is 7.98. The molecule has 0 heterocycles. The molecule has 2 aromatic carbocycles. The van der Waals surface area contributed by atoms with E-state index in [2.05, 4.69) is 15.6 Å². The lowest BCUT2D eigenvalue weighted by atomic mass is 9.84. The number of hydrogen-bond donors (Lipinski definition) is 2. The molecular weight excluding hydrogens is 367 g/mol. The second-order valence-electron chi connectivity index (χ2n) is 7.98. The Morgan fingerprint density at radius 1 is 1.14 bits per heavy atom. The summed E-state index contributed by atoms with van der Waals surface area (Å²) in [6.45, 7) is 6.69. The number of nitrogens with one attached hydrogen (secondary N) is 2. The second kappa shape index (κ2) is 10.0. The SMILES string of the molecule is CC(NC(=NCC(=O)N(C)C)NCC(C)(C)c1cccc(F)c1)c1ccccc1. The Bertz CT molecular complexity index is 834. The molecule has 2 rings (SSSR count). The van der Waals surface area contributed by atoms with Crippen molar-refractivity contribution in [1.29, 1.82) is 0 Å². The summed E-state index contributed by atoms with van der Waals surface area (Å²) < 4.78 is 13.6. The Kier molecular flexibility index (Phi) is 7.76. The van der Waals surface area contributed by atoms with Gasteiger partial charge in [-0.15, -0.1) is 0 Å². The lowest BCUT2D eigenvalue weighted by molar-refractivity contribution is -0.127. The number of halogens is 1. The normalized spacial score (nSPS) is 13.0. The maximum atomic E-state index is 13.6. The molecule has 0 aromatic heterocycles. The molecule has 2 aromatic rings. The third-order valence-corrected chi connectivity index (χ3v) is 4.83. The molecule has 0 aliphatic heterocycles. The number of guanidine groups is 1. The van der Waals surface area contributed by atoms with Crippen molar-refractivity contribution in [2.24, 2.45) is 4.99 Å². The topological polar surface area (TPSA) is 56.7 Å². The van der Waals surface area contributed by atoms with Gasteiger partial charge in [0.1, 0.15) is 12.4 Å². The fourth-order valence-electron chi connectivity index (χ4n) is 2.79. The van der Waals surface area contributed by atoms with Crippen LogP contribution in [-0.2, 0) is 10.2 Å². The van der Waals surface area contributed by atoms with Crippen molar-refractivity contribution in [1.82, 2.24) is 15.5 Å². The summed E-state index contributed by atoms with van der Waals surface area (Å²) in [6.07, 6.45) is 0. The average molecular weight is 399 g/mol. The molecule has 5 nitrogen and oxygen atoms in total. The minimum atomic E-state index is -0.327. The van der Waals surface area contributed by atoms with Gasteiger partial charge in [-0.2, -0.15) is 0 Å². The molecular formula is C23H31FN4O. The molecule has 2 N–H and O–H groups in total. The number of carbonyl (C=O) groups is 1. The van der Waals surface area contributed by atoms with Crippen molar-refractivity contribution in [3.8, 4) is 0 Å². The van der Waals surface area contributed by atoms with E-state index in [0.717, 1.165) is 11.1 Å². The highest BCUT2D eigenvalue weighted by atomic mass is 19.1. The van der Waals surface area contributed by atoms with Gasteiger partial charge in [-0.25, -0.2) is 9.38 Å². The standard InChI is InChI=1S/C23H31FN4O/c1-17(18-10-7-6-8-11-18)27-22(25-15-21(29)28(4)5)26-16-23(2,3)19-12-9-13-20(24)14-19/h6-14,17H,15-16H2,1-5H3,(H2,25,26,27). The first kappa shape index (κ1) is 22.4. The van der Waals surface area contributed by atoms with Crippen molar-refractivity contribution in [3.63, 3.8) is 0 Å². The van der Waals surface area contributed by atoms with Gasteiger partial charge in [0.25, 0.3) is 0 Å². The van der Waals surface area contributed by atoms with Crippen LogP contribution in [-0.4, -0.2) is 44.0 Å². The molecule has 156 valence electrons. The number of nitrogens with zero attached hydrogens (tertiary/aromatic N) is 2. The van der Waals surface area contributed by atoms with E-state index in [4.69, 9.17) is 0 Å². The highest BCUT2D eigenvalue weighted by Gasteiger charge is 2.22. The molecule has 1 atom stereocenters. The first-order valence-electron chi connectivity index (χ1n) is 9.75. The number of carbonyl (C=O) groups excluding carboxylic acids is 1. The summed E-state index contributed by atoms with van der Waals surface area (Å²) in [5.41, 5.74) is 1.68. The summed E-state index contributed by atoms with van der Waals surface area (Å²) in [4.78, 5) is 18.0. The predicted octanol–water partition coefficient (Wildman–Crippen LogP) is 3.49. The van der Waals surface area contributed by atoms with Gasteiger partial charge in [-0.3, -0.25) is 4.79 Å². The smallest absolute Gasteiger partial charge is 0.243 e. The van der Waals surface area contributed by atoms with Gasteiger partial charge in [-0.1, -0.05) is 56.3 Å². The van der Waals surface area contributed by atoms with Crippen LogP contribution in [0.5, 0.6) is 0 Å². The Labute approximate surface area is 173 Å². The van der Waals surface area contributed by atoms with Crippen LogP contribution in [0.4, 0.5) is 4.39 Å². The van der Waals surface area contributed by atoms with Gasteiger partial charge in [0.2, 0.25) is 5.91 Å². The Morgan fingerprint density at radius 2 is 1.83 bits per heavy atom. The van der Waals surface area contributed by atoms with Crippen LogP contribution in [0.25, 0.3) is 0 Å². The molecule has 0 radical (unpaired) electrons. The van der Waals surface area contributed by atoms with Gasteiger partial charge in [-0.05, 0) is 30.2 Å². The molecule has 0 aliphatic carbocycles. The Hall–Kier alpha value is -2.89. The van der Waals surface area contributed by atoms with Crippen LogP contribution in [0.3, 0.4) is 0 Å². The maximum Gasteiger partial charge on any atom is 0.243 e. The number of benzene rings is 2. The zero-order valence-electron chi connectivity index (χ0n) is 17.9. The van der Waals surface area contributed by atoms with Crippen LogP contribution >= 0.6 is 0 Å². The van der Waals surface area contributed by atoms with E-state index >= 15 is 0 Å². The number of hydrogen-bond acceptors (Lipinski definition) is 2. The number of amides is 1. The quantitative estimate of drug-likeness (QED) is 0.555. The van der Waals surface area contributed by atoms with Gasteiger partial charge < -0.3 is 15.5 Å². The van der Waals surface area contributed by atoms with Crippen molar-refractivity contribution < 1.29 is 9.18 Å². The third kappa shape index (κ3) is 6.89. The highest BCUT2D eigenvalue weighted by molar-refractivity contribution is 5.85. The van der Waals surface area contributed by atoms with Crippen molar-refractivity contribution in [2.45, 2.75) is 32.2 Å². The summed E-state index contributed by atoms with van der Waals surface area (Å²) >= 11 is 0. The summed E-state index contributed by atoms with van der Waals surface area (Å²) in [7, 11) is 3.41. The lowest BCUT2D eigenvalue weighted by Gasteiger charge is -2.28. The fraction of sp³-hybridized carbons (Fsp3) is 0.391. The Balaban J connectivity index is 2.14. The van der Waals surface area contributed by atoms with Gasteiger partial charge in [0.05, 0.1) is 6.04 Å². The maximum absolute atomic E-state index is 13.6. The van der Waals surface area contributed by atoms with E-state index in [1.54, 1.807) is 26.2 Å². The van der Waals surface area contributed by atoms with Gasteiger partial charge >= 0.3 is 0 Å². The van der Waals surface area contributed by atoms with E-state index in [1.165, 1.54) is 11.0 Å². The first-order valence-corrected chi connectivity index (χ1v) is 9.75. The highest BCUT2D eigenvalue weighted by Crippen LogP contribution is 2.23. The van der Waals surface area contributed by atoms with Crippen LogP contribution < -0.4 is 10.6 Å². The minimum Gasteiger partial charge on any atom is -0.356 e. The molecule has 6 heteroatoms. The predicted molar refractivity (Wildman–Crippen MR) is 116 cm³/mol. The van der Waals surface area contributed by atoms with E-state index in [9.17, 15) is 9.18 Å². The van der Waals surface area contributed by atoms with Gasteiger partial charge in [0.15, 0.2) is 5.96 Å². The molecule has 1 amide bonds. The van der Waals surface area contributed by atoms with Crippen LogP contribution in [0, 0.1) is 5.82 Å². The van der Waals surface area contributed by atoms with E-state index < -0.39 is 0 Å². The summed E-state index contributed by atoms with van der Waals surface area (Å²) in [6, 6.07) is 16.7. The zero-order chi connectivity index (χ0) is 21.4. The van der Waals surface area contributed by atoms with E-state index in [1.807, 2.05) is 57.2 Å². The molecule has 0 saturated heterocycles. The first-order chi connectivity index (χ1) is 13.7. The lowest BCUT2D eigenvalue weighted by Crippen LogP contribution is -2.44. The molecule has 29 heavy (non-hydrogen) atoms. The van der Waals surface area contributed by atoms with Crippen LogP contribution in [0.15, 0.2) is 59.6 Å². The molecule has 1 unspecified atom stereocenters. The number of rotatable bonds is 7. The zero-order valence-corrected chi connectivity index (χ0v) is 17.9. The monoisotopic (exact) mass is 398 g/mol. The van der Waals surface area contributed by atoms with Gasteiger partial charge in [0, 0.05) is 26.1 Å². The molecule has 0 saturated carbocycles. The van der Waals surface area contributed by atoms with E-state index in [-0.39, 0.29) is 29.7 Å². The van der Waals surface area contributed by atoms with Crippen LogP contribution in [0.2, 0.25) is 0 Å². The molecule has 0 bridgehead atoms. The summed E-state index contributed by atoms with van der Waals surface area (Å²) in [5, 5.41) is 6.68. The Morgan fingerprint density at radius 3 is 2.45 bits per heavy atom. The summed E-state index contributed by atoms with van der Waals surface area (Å²) in [5.74, 6) is 0.209. The van der Waals surface area contributed by atoms with E-state index in [0.29, 0.717) is 12.5 Å². The fourth-order valence-corrected chi connectivity index (χ4v) is 2.79. The van der Waals surface area contributed by atoms with Crippen molar-refractivity contribution in [2.75, 3.05) is 27.2 Å². The molecule has 0 fully saturated rings. The van der Waals surface area contributed by atoms with Crippen molar-refractivity contribution >= 4 is 11.9 Å². The third-order valence-electron chi connectivity index (χ3n) is 4.83. The molecule has 0 aliphatic rings. The number of likely N-dealkylation sites (N-methyl/N-ethyl adjacent to an activating group) is 1. The largest absolute Gasteiger partial charge is 0.356 e. The van der Waals surface area contributed by atoms with Crippen LogP contribution in [0.1, 0.15) is 37.9 Å². The minimum absolute atomic E-state index is 0.00851. The van der Waals surface area contributed by atoms with Crippen molar-refractivity contribution in [3.05, 3.63) is 71.5 Å².